The number of fused-ring (bicyclic) bond motifs is 1. The van der Waals surface area contributed by atoms with Crippen molar-refractivity contribution in [1.29, 1.82) is 0 Å². The van der Waals surface area contributed by atoms with E-state index in [1.807, 2.05) is 34.9 Å². The lowest BCUT2D eigenvalue weighted by Gasteiger charge is -2.37. The summed E-state index contributed by atoms with van der Waals surface area (Å²) in [6.07, 6.45) is 8.65. The van der Waals surface area contributed by atoms with Crippen molar-refractivity contribution in [2.75, 3.05) is 0 Å². The number of aromatic nitrogens is 2. The zero-order valence-corrected chi connectivity index (χ0v) is 18.0. The van der Waals surface area contributed by atoms with Crippen molar-refractivity contribution in [3.8, 4) is 16.9 Å². The number of imidazole rings is 1. The Kier molecular flexibility index (Phi) is 5.54. The molecule has 1 aliphatic rings. The van der Waals surface area contributed by atoms with Crippen LogP contribution in [0.3, 0.4) is 0 Å². The fraction of sp³-hybridized carbons (Fsp3) is 0.440. The van der Waals surface area contributed by atoms with Crippen LogP contribution in [0.2, 0.25) is 0 Å². The Morgan fingerprint density at radius 1 is 1.10 bits per heavy atom. The Bertz CT molecular complexity index is 1040. The number of carboxylic acids is 1. The van der Waals surface area contributed by atoms with Crippen molar-refractivity contribution in [2.24, 2.45) is 11.3 Å². The third kappa shape index (κ3) is 4.66. The van der Waals surface area contributed by atoms with Gasteiger partial charge in [0.25, 0.3) is 0 Å². The normalized spacial score (nSPS) is 19.7. The summed E-state index contributed by atoms with van der Waals surface area (Å²) < 4.78 is 8.21. The van der Waals surface area contributed by atoms with Gasteiger partial charge < -0.3 is 14.2 Å². The maximum absolute atomic E-state index is 10.9. The fourth-order valence-electron chi connectivity index (χ4n) is 4.44. The third-order valence-electron chi connectivity index (χ3n) is 6.20. The fourth-order valence-corrected chi connectivity index (χ4v) is 4.44. The van der Waals surface area contributed by atoms with Crippen LogP contribution < -0.4 is 4.74 Å². The third-order valence-corrected chi connectivity index (χ3v) is 6.20. The van der Waals surface area contributed by atoms with Crippen LogP contribution in [0, 0.1) is 11.3 Å². The molecule has 1 aromatic carbocycles. The number of rotatable bonds is 5. The number of hydrogen-bond acceptors (Lipinski definition) is 3. The SMILES string of the molecule is CC(C)(C)C1CCC(Oc2cccc(-c3ccc4nc(CC(=O)O)cn4c3)c2)CC1. The van der Waals surface area contributed by atoms with E-state index in [0.29, 0.717) is 11.1 Å². The minimum Gasteiger partial charge on any atom is -0.490 e. The molecule has 1 fully saturated rings. The smallest absolute Gasteiger partial charge is 0.309 e. The highest BCUT2D eigenvalue weighted by Crippen LogP contribution is 2.39. The number of carboxylic acid groups (broad SMARTS) is 1. The summed E-state index contributed by atoms with van der Waals surface area (Å²) in [4.78, 5) is 15.3. The van der Waals surface area contributed by atoms with Gasteiger partial charge in [0.1, 0.15) is 11.4 Å². The van der Waals surface area contributed by atoms with E-state index in [9.17, 15) is 4.79 Å². The van der Waals surface area contributed by atoms with Gasteiger partial charge in [-0.1, -0.05) is 32.9 Å². The standard InChI is InChI=1S/C25H30N2O3/c1-25(2,3)19-8-10-21(11-9-19)30-22-6-4-5-17(13-22)18-7-12-23-26-20(14-24(28)29)16-27(23)15-18/h4-7,12-13,15-16,19,21H,8-11,14H2,1-3H3,(H,28,29). The molecule has 30 heavy (non-hydrogen) atoms. The monoisotopic (exact) mass is 406 g/mol. The van der Waals surface area contributed by atoms with E-state index >= 15 is 0 Å². The molecule has 0 unspecified atom stereocenters. The highest BCUT2D eigenvalue weighted by Gasteiger charge is 2.30. The molecule has 3 aromatic rings. The van der Waals surface area contributed by atoms with Crippen molar-refractivity contribution in [3.63, 3.8) is 0 Å². The Morgan fingerprint density at radius 2 is 1.87 bits per heavy atom. The number of pyridine rings is 1. The zero-order chi connectivity index (χ0) is 21.3. The molecule has 1 N–H and O–H groups in total. The maximum atomic E-state index is 10.9. The number of hydrogen-bond donors (Lipinski definition) is 1. The topological polar surface area (TPSA) is 63.8 Å². The Labute approximate surface area is 177 Å². The molecule has 1 saturated carbocycles. The molecule has 158 valence electrons. The first-order chi connectivity index (χ1) is 14.3. The molecule has 2 heterocycles. The summed E-state index contributed by atoms with van der Waals surface area (Å²) in [5, 5.41) is 8.98. The average Bonchev–Trinajstić information content (AvgIpc) is 3.08. The number of aliphatic carboxylic acids is 1. The number of carbonyl (C=O) groups is 1. The van der Waals surface area contributed by atoms with E-state index in [4.69, 9.17) is 9.84 Å². The van der Waals surface area contributed by atoms with E-state index < -0.39 is 5.97 Å². The molecule has 1 aliphatic carbocycles. The number of benzene rings is 1. The van der Waals surface area contributed by atoms with E-state index in [0.717, 1.165) is 41.3 Å². The van der Waals surface area contributed by atoms with E-state index in [2.05, 4.69) is 37.9 Å². The van der Waals surface area contributed by atoms with Gasteiger partial charge in [-0.25, -0.2) is 4.98 Å². The first kappa shape index (κ1) is 20.5. The van der Waals surface area contributed by atoms with Crippen LogP contribution in [0.25, 0.3) is 16.8 Å². The highest BCUT2D eigenvalue weighted by molar-refractivity contribution is 5.70. The molecular weight excluding hydrogens is 376 g/mol. The first-order valence-electron chi connectivity index (χ1n) is 10.7. The molecular formula is C25H30N2O3. The second-order valence-corrected chi connectivity index (χ2v) is 9.47. The lowest BCUT2D eigenvalue weighted by molar-refractivity contribution is -0.136. The van der Waals surface area contributed by atoms with Gasteiger partial charge in [0, 0.05) is 12.4 Å². The van der Waals surface area contributed by atoms with Gasteiger partial charge >= 0.3 is 5.97 Å². The molecule has 0 saturated heterocycles. The second kappa shape index (κ2) is 8.13. The summed E-state index contributed by atoms with van der Waals surface area (Å²) >= 11 is 0. The van der Waals surface area contributed by atoms with Gasteiger partial charge in [-0.15, -0.1) is 0 Å². The van der Waals surface area contributed by atoms with Crippen LogP contribution in [0.5, 0.6) is 5.75 Å². The molecule has 4 rings (SSSR count). The lowest BCUT2D eigenvalue weighted by atomic mass is 9.72. The molecule has 0 spiro atoms. The number of ether oxygens (including phenoxy) is 1. The highest BCUT2D eigenvalue weighted by atomic mass is 16.5. The first-order valence-corrected chi connectivity index (χ1v) is 10.7. The molecule has 0 bridgehead atoms. The Morgan fingerprint density at radius 3 is 2.57 bits per heavy atom. The quantitative estimate of drug-likeness (QED) is 0.598. The predicted octanol–water partition coefficient (Wildman–Crippen LogP) is 5.61. The second-order valence-electron chi connectivity index (χ2n) is 9.47. The zero-order valence-electron chi connectivity index (χ0n) is 18.0. The largest absolute Gasteiger partial charge is 0.490 e. The molecule has 0 amide bonds. The van der Waals surface area contributed by atoms with Crippen LogP contribution in [0.15, 0.2) is 48.8 Å². The van der Waals surface area contributed by atoms with Crippen LogP contribution >= 0.6 is 0 Å². The molecule has 5 nitrogen and oxygen atoms in total. The molecule has 0 radical (unpaired) electrons. The van der Waals surface area contributed by atoms with Gasteiger partial charge in [0.05, 0.1) is 18.2 Å². The minimum absolute atomic E-state index is 0.0716. The van der Waals surface area contributed by atoms with Crippen molar-refractivity contribution >= 4 is 11.6 Å². The summed E-state index contributed by atoms with van der Waals surface area (Å²) in [5.74, 6) is 0.806. The molecule has 0 aliphatic heterocycles. The van der Waals surface area contributed by atoms with Gasteiger partial charge in [-0.2, -0.15) is 0 Å². The van der Waals surface area contributed by atoms with E-state index in [-0.39, 0.29) is 12.5 Å². The summed E-state index contributed by atoms with van der Waals surface area (Å²) in [6, 6.07) is 12.1. The molecule has 5 heteroatoms. The van der Waals surface area contributed by atoms with Crippen LogP contribution in [-0.4, -0.2) is 26.6 Å². The summed E-state index contributed by atoms with van der Waals surface area (Å²) in [5.41, 5.74) is 3.80. The minimum atomic E-state index is -0.875. The van der Waals surface area contributed by atoms with Crippen LogP contribution in [0.4, 0.5) is 0 Å². The predicted molar refractivity (Wildman–Crippen MR) is 118 cm³/mol. The maximum Gasteiger partial charge on any atom is 0.309 e. The Balaban J connectivity index is 1.47. The molecule has 2 aromatic heterocycles. The Hall–Kier alpha value is -2.82. The van der Waals surface area contributed by atoms with E-state index in [1.54, 1.807) is 6.20 Å². The van der Waals surface area contributed by atoms with E-state index in [1.165, 1.54) is 12.8 Å². The van der Waals surface area contributed by atoms with Crippen molar-refractivity contribution in [3.05, 3.63) is 54.5 Å². The number of nitrogens with zero attached hydrogens (tertiary/aromatic N) is 2. The average molecular weight is 407 g/mol. The summed E-state index contributed by atoms with van der Waals surface area (Å²) in [6.45, 7) is 7.01. The van der Waals surface area contributed by atoms with Gasteiger partial charge in [0.2, 0.25) is 0 Å². The lowest BCUT2D eigenvalue weighted by Crippen LogP contribution is -2.30. The van der Waals surface area contributed by atoms with Crippen molar-refractivity contribution < 1.29 is 14.6 Å². The van der Waals surface area contributed by atoms with Crippen LogP contribution in [0.1, 0.15) is 52.1 Å². The van der Waals surface area contributed by atoms with Crippen molar-refractivity contribution in [1.82, 2.24) is 9.38 Å². The van der Waals surface area contributed by atoms with Crippen LogP contribution in [-0.2, 0) is 11.2 Å². The van der Waals surface area contributed by atoms with Gasteiger partial charge in [-0.05, 0) is 72.4 Å². The summed E-state index contributed by atoms with van der Waals surface area (Å²) in [7, 11) is 0. The molecule has 0 atom stereocenters. The van der Waals surface area contributed by atoms with Gasteiger partial charge in [0.15, 0.2) is 0 Å². The van der Waals surface area contributed by atoms with Gasteiger partial charge in [-0.3, -0.25) is 4.79 Å². The van der Waals surface area contributed by atoms with Crippen molar-refractivity contribution in [2.45, 2.75) is 59.0 Å².